The summed E-state index contributed by atoms with van der Waals surface area (Å²) in [4.78, 5) is 41.7. The normalized spacial score (nSPS) is 13.4. The van der Waals surface area contributed by atoms with Crippen molar-refractivity contribution in [2.45, 2.75) is 85.5 Å². The van der Waals surface area contributed by atoms with Crippen molar-refractivity contribution >= 4 is 35.2 Å². The van der Waals surface area contributed by atoms with Crippen LogP contribution in [0.1, 0.15) is 71.2 Å². The molecule has 0 fully saturated rings. The second-order valence-electron chi connectivity index (χ2n) is 10.9. The largest absolute Gasteiger partial charge is 0.444 e. The Morgan fingerprint density at radius 3 is 2.03 bits per heavy atom. The van der Waals surface area contributed by atoms with Gasteiger partial charge in [-0.25, -0.2) is 4.79 Å². The first-order valence-electron chi connectivity index (χ1n) is 12.0. The molecule has 0 aromatic heterocycles. The molecule has 0 aliphatic rings. The van der Waals surface area contributed by atoms with Crippen LogP contribution < -0.4 is 10.6 Å². The third-order valence-electron chi connectivity index (χ3n) is 5.52. The van der Waals surface area contributed by atoms with E-state index in [1.807, 2.05) is 65.0 Å². The highest BCUT2D eigenvalue weighted by Crippen LogP contribution is 2.34. The van der Waals surface area contributed by atoms with Gasteiger partial charge in [-0.1, -0.05) is 48.0 Å². The third-order valence-corrected chi connectivity index (χ3v) is 5.84. The number of ether oxygens (including phenoxy) is 1. The van der Waals surface area contributed by atoms with Gasteiger partial charge in [-0.15, -0.1) is 0 Å². The Labute approximate surface area is 219 Å². The maximum Gasteiger partial charge on any atom is 0.408 e. The van der Waals surface area contributed by atoms with Crippen molar-refractivity contribution in [1.29, 1.82) is 0 Å². The number of nitrogens with zero attached hydrogens (tertiary/aromatic N) is 1. The highest BCUT2D eigenvalue weighted by Gasteiger charge is 2.41. The van der Waals surface area contributed by atoms with Gasteiger partial charge in [-0.3, -0.25) is 9.59 Å². The highest BCUT2D eigenvalue weighted by molar-refractivity contribution is 6.34. The van der Waals surface area contributed by atoms with E-state index in [-0.39, 0.29) is 0 Å². The van der Waals surface area contributed by atoms with Crippen LogP contribution >= 0.6 is 11.6 Å². The van der Waals surface area contributed by atoms with E-state index < -0.39 is 41.1 Å². The van der Waals surface area contributed by atoms with Gasteiger partial charge in [0.2, 0.25) is 5.91 Å². The van der Waals surface area contributed by atoms with Crippen molar-refractivity contribution in [2.75, 3.05) is 5.32 Å². The maximum absolute atomic E-state index is 13.9. The molecule has 0 saturated carbocycles. The van der Waals surface area contributed by atoms with Crippen LogP contribution in [0.2, 0.25) is 5.02 Å². The summed E-state index contributed by atoms with van der Waals surface area (Å²) in [6.07, 6.45) is -0.708. The summed E-state index contributed by atoms with van der Waals surface area (Å²) in [7, 11) is 0. The Morgan fingerprint density at radius 1 is 0.917 bits per heavy atom. The Hall–Kier alpha value is -3.06. The predicted octanol–water partition coefficient (Wildman–Crippen LogP) is 6.18. The van der Waals surface area contributed by atoms with E-state index in [0.29, 0.717) is 16.3 Å². The molecule has 2 aromatic carbocycles. The second kappa shape index (κ2) is 11.3. The van der Waals surface area contributed by atoms with Crippen LogP contribution in [0.15, 0.2) is 42.5 Å². The molecule has 0 aliphatic carbocycles. The van der Waals surface area contributed by atoms with Gasteiger partial charge in [0.1, 0.15) is 17.7 Å². The number of carbonyl (C=O) groups is 3. The van der Waals surface area contributed by atoms with E-state index in [1.54, 1.807) is 39.8 Å². The number of carbonyl (C=O) groups excluding carboxylic acids is 3. The summed E-state index contributed by atoms with van der Waals surface area (Å²) in [5, 5.41) is 5.96. The van der Waals surface area contributed by atoms with Crippen LogP contribution in [0.4, 0.5) is 10.5 Å². The number of nitrogens with one attached hydrogen (secondary N) is 2. The van der Waals surface area contributed by atoms with Crippen LogP contribution in [-0.2, 0) is 14.3 Å². The lowest BCUT2D eigenvalue weighted by Gasteiger charge is -2.43. The monoisotopic (exact) mass is 515 g/mol. The number of rotatable bonds is 6. The van der Waals surface area contributed by atoms with Gasteiger partial charge >= 0.3 is 6.09 Å². The Balaban J connectivity index is 2.54. The average molecular weight is 516 g/mol. The van der Waals surface area contributed by atoms with E-state index >= 15 is 0 Å². The minimum Gasteiger partial charge on any atom is -0.444 e. The standard InChI is InChI=1S/C28H38ClN3O4/c1-17-13-10-11-15-20(17)23(24(33)31-22-18(2)14-12-16-21(22)29)32(27(4,5)6)25(34)19(3)30-26(35)36-28(7,8)9/h10-16,19,23H,1-9H3,(H,30,35)(H,31,33). The molecule has 8 heteroatoms. The first-order valence-corrected chi connectivity index (χ1v) is 12.3. The Bertz CT molecular complexity index is 1100. The van der Waals surface area contributed by atoms with Crippen molar-refractivity contribution in [2.24, 2.45) is 0 Å². The summed E-state index contributed by atoms with van der Waals surface area (Å²) >= 11 is 6.39. The number of para-hydroxylation sites is 1. The van der Waals surface area contributed by atoms with E-state index in [0.717, 1.165) is 11.1 Å². The van der Waals surface area contributed by atoms with Gasteiger partial charge in [0.25, 0.3) is 5.91 Å². The first-order chi connectivity index (χ1) is 16.5. The molecule has 0 radical (unpaired) electrons. The summed E-state index contributed by atoms with van der Waals surface area (Å²) in [5.41, 5.74) is 1.32. The molecule has 0 bridgehead atoms. The number of hydrogen-bond acceptors (Lipinski definition) is 4. The molecule has 36 heavy (non-hydrogen) atoms. The smallest absolute Gasteiger partial charge is 0.408 e. The van der Waals surface area contributed by atoms with E-state index in [4.69, 9.17) is 16.3 Å². The molecule has 0 spiro atoms. The number of alkyl carbamates (subject to hydrolysis) is 1. The molecule has 2 unspecified atom stereocenters. The molecule has 0 saturated heterocycles. The number of aryl methyl sites for hydroxylation is 2. The lowest BCUT2D eigenvalue weighted by Crippen LogP contribution is -2.57. The number of benzene rings is 2. The van der Waals surface area contributed by atoms with E-state index in [1.165, 1.54) is 4.90 Å². The van der Waals surface area contributed by atoms with Crippen molar-refractivity contribution in [1.82, 2.24) is 10.2 Å². The number of amides is 3. The molecular weight excluding hydrogens is 478 g/mol. The molecular formula is C28H38ClN3O4. The van der Waals surface area contributed by atoms with Crippen LogP contribution in [0, 0.1) is 13.8 Å². The van der Waals surface area contributed by atoms with Crippen LogP contribution in [-0.4, -0.2) is 40.0 Å². The zero-order valence-electron chi connectivity index (χ0n) is 22.7. The van der Waals surface area contributed by atoms with Crippen molar-refractivity contribution in [3.63, 3.8) is 0 Å². The topological polar surface area (TPSA) is 87.7 Å². The SMILES string of the molecule is Cc1ccccc1C(C(=O)Nc1c(C)cccc1Cl)N(C(=O)C(C)NC(=O)OC(C)(C)C)C(C)(C)C. The predicted molar refractivity (Wildman–Crippen MR) is 144 cm³/mol. The lowest BCUT2D eigenvalue weighted by molar-refractivity contribution is -0.146. The quantitative estimate of drug-likeness (QED) is 0.481. The number of anilines is 1. The Kier molecular flexibility index (Phi) is 9.18. The van der Waals surface area contributed by atoms with Crippen molar-refractivity contribution < 1.29 is 19.1 Å². The van der Waals surface area contributed by atoms with Crippen molar-refractivity contribution in [3.05, 3.63) is 64.2 Å². The fourth-order valence-electron chi connectivity index (χ4n) is 3.87. The molecule has 2 N–H and O–H groups in total. The van der Waals surface area contributed by atoms with Gasteiger partial charge in [0.15, 0.2) is 0 Å². The zero-order chi connectivity index (χ0) is 27.4. The zero-order valence-corrected chi connectivity index (χ0v) is 23.4. The van der Waals surface area contributed by atoms with Gasteiger partial charge in [-0.05, 0) is 85.1 Å². The van der Waals surface area contributed by atoms with Crippen LogP contribution in [0.25, 0.3) is 0 Å². The highest BCUT2D eigenvalue weighted by atomic mass is 35.5. The average Bonchev–Trinajstić information content (AvgIpc) is 2.72. The molecule has 3 amide bonds. The fraction of sp³-hybridized carbons (Fsp3) is 0.464. The fourth-order valence-corrected chi connectivity index (χ4v) is 4.14. The van der Waals surface area contributed by atoms with E-state index in [2.05, 4.69) is 10.6 Å². The first kappa shape index (κ1) is 29.2. The van der Waals surface area contributed by atoms with E-state index in [9.17, 15) is 14.4 Å². The lowest BCUT2D eigenvalue weighted by atomic mass is 9.93. The summed E-state index contributed by atoms with van der Waals surface area (Å²) in [6.45, 7) is 16.1. The summed E-state index contributed by atoms with van der Waals surface area (Å²) in [5.74, 6) is -0.833. The molecule has 2 atom stereocenters. The Morgan fingerprint density at radius 2 is 1.50 bits per heavy atom. The molecule has 196 valence electrons. The molecule has 2 rings (SSSR count). The third kappa shape index (κ3) is 7.47. The van der Waals surface area contributed by atoms with Gasteiger partial charge in [0, 0.05) is 5.54 Å². The van der Waals surface area contributed by atoms with Gasteiger partial charge in [0.05, 0.1) is 10.7 Å². The molecule has 2 aromatic rings. The second-order valence-corrected chi connectivity index (χ2v) is 11.3. The number of hydrogen-bond donors (Lipinski definition) is 2. The van der Waals surface area contributed by atoms with Gasteiger partial charge < -0.3 is 20.3 Å². The molecule has 7 nitrogen and oxygen atoms in total. The maximum atomic E-state index is 13.9. The number of halogens is 1. The summed E-state index contributed by atoms with van der Waals surface area (Å²) in [6, 6.07) is 10.9. The van der Waals surface area contributed by atoms with Crippen LogP contribution in [0.3, 0.4) is 0 Å². The van der Waals surface area contributed by atoms with Gasteiger partial charge in [-0.2, -0.15) is 0 Å². The molecule has 0 aliphatic heterocycles. The minimum atomic E-state index is -0.989. The van der Waals surface area contributed by atoms with Crippen molar-refractivity contribution in [3.8, 4) is 0 Å². The minimum absolute atomic E-state index is 0.403. The summed E-state index contributed by atoms with van der Waals surface area (Å²) < 4.78 is 5.33. The van der Waals surface area contributed by atoms with Crippen LogP contribution in [0.5, 0.6) is 0 Å². The molecule has 0 heterocycles.